The number of pyridine rings is 1. The maximum absolute atomic E-state index is 15.9. The van der Waals surface area contributed by atoms with E-state index in [1.807, 2.05) is 0 Å². The lowest BCUT2D eigenvalue weighted by atomic mass is 9.97. The molecule has 5 rings (SSSR count). The van der Waals surface area contributed by atoms with Gasteiger partial charge in [0.15, 0.2) is 5.82 Å². The van der Waals surface area contributed by atoms with Crippen molar-refractivity contribution in [1.82, 2.24) is 9.88 Å². The van der Waals surface area contributed by atoms with Crippen LogP contribution in [0.4, 0.5) is 25.0 Å². The average Bonchev–Trinajstić information content (AvgIpc) is 2.79. The van der Waals surface area contributed by atoms with E-state index in [1.54, 1.807) is 11.8 Å². The van der Waals surface area contributed by atoms with Gasteiger partial charge in [-0.2, -0.15) is 0 Å². The summed E-state index contributed by atoms with van der Waals surface area (Å²) >= 11 is 6.50. The molecule has 176 valence electrons. The number of anilines is 2. The number of benzene rings is 2. The Labute approximate surface area is 197 Å². The highest BCUT2D eigenvalue weighted by Gasteiger charge is 2.43. The van der Waals surface area contributed by atoms with E-state index in [1.165, 1.54) is 42.5 Å². The Morgan fingerprint density at radius 1 is 1.29 bits per heavy atom. The Bertz CT molecular complexity index is 1370. The van der Waals surface area contributed by atoms with E-state index in [4.69, 9.17) is 16.3 Å². The molecule has 34 heavy (non-hydrogen) atoms. The number of piperazine rings is 1. The van der Waals surface area contributed by atoms with Gasteiger partial charge in [-0.25, -0.2) is 13.6 Å². The standard InChI is InChI=1S/C23H19ClF2N4O4/c1-10-8-30-15(9-29(10)23(32)33)22(31)28-14-7-27-20-11(21(14)30)6-12(24)17(19(20)26)18-13(25)4-3-5-16(18)34-2/h3-7,10,15H,8-9H2,1-2H3,(H,28,31)(H,32,33)/t10-,15-/m1/s1. The Hall–Kier alpha value is -3.66. The van der Waals surface area contributed by atoms with Crippen LogP contribution in [-0.2, 0) is 4.79 Å². The van der Waals surface area contributed by atoms with Gasteiger partial charge in [0, 0.05) is 23.5 Å². The van der Waals surface area contributed by atoms with Crippen molar-refractivity contribution in [2.24, 2.45) is 0 Å². The van der Waals surface area contributed by atoms with Crippen LogP contribution in [0, 0.1) is 11.6 Å². The predicted molar refractivity (Wildman–Crippen MR) is 123 cm³/mol. The summed E-state index contributed by atoms with van der Waals surface area (Å²) in [6, 6.07) is 4.39. The van der Waals surface area contributed by atoms with E-state index < -0.39 is 29.8 Å². The molecule has 1 saturated heterocycles. The molecule has 2 aromatic carbocycles. The zero-order chi connectivity index (χ0) is 24.3. The summed E-state index contributed by atoms with van der Waals surface area (Å²) in [4.78, 5) is 31.5. The van der Waals surface area contributed by atoms with Crippen LogP contribution < -0.4 is 15.0 Å². The van der Waals surface area contributed by atoms with Crippen LogP contribution in [0.25, 0.3) is 22.0 Å². The Morgan fingerprint density at radius 2 is 2.06 bits per heavy atom. The van der Waals surface area contributed by atoms with Gasteiger partial charge in [-0.3, -0.25) is 9.78 Å². The molecule has 2 aliphatic rings. The van der Waals surface area contributed by atoms with Gasteiger partial charge in [0.25, 0.3) is 0 Å². The third-order valence-corrected chi connectivity index (χ3v) is 6.60. The molecule has 2 amide bonds. The fraction of sp³-hybridized carbons (Fsp3) is 0.261. The van der Waals surface area contributed by atoms with Crippen molar-refractivity contribution in [2.45, 2.75) is 19.0 Å². The van der Waals surface area contributed by atoms with Crippen LogP contribution in [0.3, 0.4) is 0 Å². The molecule has 2 aliphatic heterocycles. The summed E-state index contributed by atoms with van der Waals surface area (Å²) in [5.74, 6) is -1.81. The number of amides is 2. The second kappa shape index (κ2) is 7.98. The van der Waals surface area contributed by atoms with Crippen molar-refractivity contribution >= 4 is 45.9 Å². The number of carboxylic acid groups (broad SMARTS) is 1. The first-order valence-electron chi connectivity index (χ1n) is 10.4. The van der Waals surface area contributed by atoms with Crippen LogP contribution in [-0.4, -0.2) is 59.3 Å². The second-order valence-corrected chi connectivity index (χ2v) is 8.63. The smallest absolute Gasteiger partial charge is 0.407 e. The monoisotopic (exact) mass is 488 g/mol. The number of methoxy groups -OCH3 is 1. The number of nitrogens with one attached hydrogen (secondary N) is 1. The third kappa shape index (κ3) is 3.20. The number of hydrogen-bond acceptors (Lipinski definition) is 5. The first kappa shape index (κ1) is 22.1. The molecule has 3 heterocycles. The average molecular weight is 489 g/mol. The minimum absolute atomic E-state index is 0.0493. The number of hydrogen-bond donors (Lipinski definition) is 2. The van der Waals surface area contributed by atoms with Crippen LogP contribution in [0.2, 0.25) is 5.02 Å². The number of nitrogens with zero attached hydrogens (tertiary/aromatic N) is 3. The molecule has 0 unspecified atom stereocenters. The van der Waals surface area contributed by atoms with Crippen molar-refractivity contribution in [3.8, 4) is 16.9 Å². The van der Waals surface area contributed by atoms with E-state index >= 15 is 4.39 Å². The molecule has 1 aromatic heterocycles. The minimum Gasteiger partial charge on any atom is -0.496 e. The highest BCUT2D eigenvalue weighted by Crippen LogP contribution is 2.46. The first-order chi connectivity index (χ1) is 16.2. The molecule has 3 aromatic rings. The Balaban J connectivity index is 1.73. The highest BCUT2D eigenvalue weighted by molar-refractivity contribution is 6.34. The van der Waals surface area contributed by atoms with Crippen molar-refractivity contribution < 1.29 is 28.2 Å². The number of carbonyl (C=O) groups is 2. The number of carbonyl (C=O) groups excluding carboxylic acids is 1. The topological polar surface area (TPSA) is 95.0 Å². The lowest BCUT2D eigenvalue weighted by Crippen LogP contribution is -2.64. The van der Waals surface area contributed by atoms with Crippen molar-refractivity contribution in [3.63, 3.8) is 0 Å². The van der Waals surface area contributed by atoms with Gasteiger partial charge in [-0.15, -0.1) is 0 Å². The number of rotatable bonds is 2. The fourth-order valence-corrected chi connectivity index (χ4v) is 5.01. The first-order valence-corrected chi connectivity index (χ1v) is 10.8. The number of halogens is 3. The minimum atomic E-state index is -1.12. The summed E-state index contributed by atoms with van der Waals surface area (Å²) in [5.41, 5.74) is 0.475. The predicted octanol–water partition coefficient (Wildman–Crippen LogP) is 4.35. The normalized spacial score (nSPS) is 19.5. The number of ether oxygens (including phenoxy) is 1. The molecular formula is C23H19ClF2N4O4. The summed E-state index contributed by atoms with van der Waals surface area (Å²) in [5, 5.41) is 12.5. The van der Waals surface area contributed by atoms with Crippen LogP contribution in [0.1, 0.15) is 6.92 Å². The number of aromatic nitrogens is 1. The molecule has 1 fully saturated rings. The van der Waals surface area contributed by atoms with E-state index in [9.17, 15) is 19.1 Å². The zero-order valence-electron chi connectivity index (χ0n) is 18.1. The molecule has 2 N–H and O–H groups in total. The Kier molecular flexibility index (Phi) is 5.20. The van der Waals surface area contributed by atoms with Gasteiger partial charge < -0.3 is 25.0 Å². The van der Waals surface area contributed by atoms with E-state index in [2.05, 4.69) is 10.3 Å². The molecule has 0 bridgehead atoms. The quantitative estimate of drug-likeness (QED) is 0.557. The SMILES string of the molecule is COc1cccc(F)c1-c1c(Cl)cc2c3c(cnc2c1F)NC(=O)[C@H]1CN(C(=O)O)[C@H](C)CN31. The van der Waals surface area contributed by atoms with Crippen molar-refractivity contribution in [3.05, 3.63) is 47.1 Å². The van der Waals surface area contributed by atoms with E-state index in [-0.39, 0.29) is 46.4 Å². The zero-order valence-corrected chi connectivity index (χ0v) is 18.9. The van der Waals surface area contributed by atoms with Crippen LogP contribution in [0.5, 0.6) is 5.75 Å². The summed E-state index contributed by atoms with van der Waals surface area (Å²) in [6.45, 7) is 1.89. The molecule has 0 spiro atoms. The molecule has 0 aliphatic carbocycles. The maximum atomic E-state index is 15.9. The largest absolute Gasteiger partial charge is 0.496 e. The van der Waals surface area contributed by atoms with Gasteiger partial charge in [-0.05, 0) is 25.1 Å². The van der Waals surface area contributed by atoms with E-state index in [0.717, 1.165) is 0 Å². The number of fused-ring (bicyclic) bond motifs is 5. The highest BCUT2D eigenvalue weighted by atomic mass is 35.5. The van der Waals surface area contributed by atoms with Crippen LogP contribution in [0.15, 0.2) is 30.5 Å². The van der Waals surface area contributed by atoms with Crippen molar-refractivity contribution in [1.29, 1.82) is 0 Å². The fourth-order valence-electron chi connectivity index (χ4n) is 4.73. The molecule has 8 nitrogen and oxygen atoms in total. The van der Waals surface area contributed by atoms with Gasteiger partial charge in [-0.1, -0.05) is 17.7 Å². The van der Waals surface area contributed by atoms with Gasteiger partial charge in [0.1, 0.15) is 23.1 Å². The van der Waals surface area contributed by atoms with Gasteiger partial charge >= 0.3 is 6.09 Å². The molecule has 0 saturated carbocycles. The maximum Gasteiger partial charge on any atom is 0.407 e. The Morgan fingerprint density at radius 3 is 2.76 bits per heavy atom. The lowest BCUT2D eigenvalue weighted by molar-refractivity contribution is -0.118. The third-order valence-electron chi connectivity index (χ3n) is 6.30. The molecular weight excluding hydrogens is 470 g/mol. The van der Waals surface area contributed by atoms with Gasteiger partial charge in [0.2, 0.25) is 5.91 Å². The van der Waals surface area contributed by atoms with Crippen LogP contribution >= 0.6 is 11.6 Å². The van der Waals surface area contributed by atoms with Gasteiger partial charge in [0.05, 0.1) is 41.8 Å². The second-order valence-electron chi connectivity index (χ2n) is 8.22. The summed E-state index contributed by atoms with van der Waals surface area (Å²) < 4.78 is 35.8. The molecule has 11 heteroatoms. The van der Waals surface area contributed by atoms with E-state index in [0.29, 0.717) is 16.8 Å². The van der Waals surface area contributed by atoms with Crippen molar-refractivity contribution in [2.75, 3.05) is 30.4 Å². The lowest BCUT2D eigenvalue weighted by Gasteiger charge is -2.47. The summed E-state index contributed by atoms with van der Waals surface area (Å²) in [7, 11) is 1.35. The molecule has 2 atom stereocenters. The molecule has 0 radical (unpaired) electrons. The summed E-state index contributed by atoms with van der Waals surface area (Å²) in [6.07, 6.45) is 0.210.